The Morgan fingerprint density at radius 3 is 2.46 bits per heavy atom. The summed E-state index contributed by atoms with van der Waals surface area (Å²) in [5.74, 6) is -2.25. The van der Waals surface area contributed by atoms with Crippen molar-refractivity contribution in [2.24, 2.45) is 0 Å². The van der Waals surface area contributed by atoms with E-state index in [-0.39, 0.29) is 36.8 Å². The Morgan fingerprint density at radius 2 is 1.88 bits per heavy atom. The second-order valence-corrected chi connectivity index (χ2v) is 7.66. The summed E-state index contributed by atoms with van der Waals surface area (Å²) in [5, 5.41) is 0.173. The first-order chi connectivity index (χ1) is 11.2. The highest BCUT2D eigenvalue weighted by molar-refractivity contribution is 7.88. The molecule has 1 aliphatic rings. The van der Waals surface area contributed by atoms with Crippen LogP contribution in [0, 0.1) is 5.82 Å². The summed E-state index contributed by atoms with van der Waals surface area (Å²) in [6.07, 6.45) is 1.10. The number of sulfonamides is 1. The number of carbonyl (C=O) groups is 2. The minimum Gasteiger partial charge on any atom is -0.452 e. The van der Waals surface area contributed by atoms with Gasteiger partial charge in [0.25, 0.3) is 5.91 Å². The number of halogens is 2. The van der Waals surface area contributed by atoms with Crippen molar-refractivity contribution < 1.29 is 27.1 Å². The molecule has 0 saturated carbocycles. The highest BCUT2D eigenvalue weighted by Crippen LogP contribution is 2.16. The minimum atomic E-state index is -3.29. The van der Waals surface area contributed by atoms with Crippen LogP contribution in [0.1, 0.15) is 10.4 Å². The largest absolute Gasteiger partial charge is 0.452 e. The average Bonchev–Trinajstić information content (AvgIpc) is 2.53. The van der Waals surface area contributed by atoms with Gasteiger partial charge in [0.05, 0.1) is 11.8 Å². The molecule has 1 heterocycles. The van der Waals surface area contributed by atoms with E-state index in [1.165, 1.54) is 15.3 Å². The smallest absolute Gasteiger partial charge is 0.341 e. The van der Waals surface area contributed by atoms with Crippen LogP contribution in [0.25, 0.3) is 0 Å². The highest BCUT2D eigenvalue weighted by atomic mass is 35.5. The van der Waals surface area contributed by atoms with Crippen molar-refractivity contribution in [3.63, 3.8) is 0 Å². The monoisotopic (exact) mass is 378 g/mol. The predicted octanol–water partition coefficient (Wildman–Crippen LogP) is 0.740. The number of ether oxygens (including phenoxy) is 1. The molecule has 0 aromatic heterocycles. The van der Waals surface area contributed by atoms with E-state index in [1.807, 2.05) is 0 Å². The molecule has 24 heavy (non-hydrogen) atoms. The molecule has 0 bridgehead atoms. The number of nitrogens with zero attached hydrogens (tertiary/aromatic N) is 2. The normalized spacial score (nSPS) is 16.0. The molecule has 0 spiro atoms. The lowest BCUT2D eigenvalue weighted by atomic mass is 10.2. The first kappa shape index (κ1) is 18.6. The van der Waals surface area contributed by atoms with Crippen LogP contribution in [0.15, 0.2) is 18.2 Å². The molecule has 1 aromatic carbocycles. The molecule has 10 heteroatoms. The van der Waals surface area contributed by atoms with Crippen LogP contribution < -0.4 is 0 Å². The Bertz CT molecular complexity index is 748. The Hall–Kier alpha value is -1.71. The van der Waals surface area contributed by atoms with Gasteiger partial charge in [0.1, 0.15) is 5.82 Å². The summed E-state index contributed by atoms with van der Waals surface area (Å²) < 4.78 is 42.4. The van der Waals surface area contributed by atoms with Gasteiger partial charge in [-0.15, -0.1) is 0 Å². The topological polar surface area (TPSA) is 84.0 Å². The fourth-order valence-electron chi connectivity index (χ4n) is 2.22. The average molecular weight is 379 g/mol. The molecule has 0 unspecified atom stereocenters. The quantitative estimate of drug-likeness (QED) is 0.721. The van der Waals surface area contributed by atoms with Crippen LogP contribution in [0.4, 0.5) is 4.39 Å². The molecule has 1 fully saturated rings. The van der Waals surface area contributed by atoms with E-state index in [0.717, 1.165) is 18.4 Å². The van der Waals surface area contributed by atoms with Gasteiger partial charge in [0.15, 0.2) is 6.61 Å². The number of carbonyl (C=O) groups excluding carboxylic acids is 2. The second kappa shape index (κ2) is 7.45. The van der Waals surface area contributed by atoms with Gasteiger partial charge in [-0.2, -0.15) is 4.31 Å². The van der Waals surface area contributed by atoms with Crippen molar-refractivity contribution in [1.29, 1.82) is 0 Å². The highest BCUT2D eigenvalue weighted by Gasteiger charge is 2.26. The van der Waals surface area contributed by atoms with Gasteiger partial charge in [-0.1, -0.05) is 11.6 Å². The number of hydrogen-bond donors (Lipinski definition) is 0. The zero-order chi connectivity index (χ0) is 17.9. The number of esters is 1. The molecule has 2 rings (SSSR count). The van der Waals surface area contributed by atoms with E-state index in [1.54, 1.807) is 0 Å². The van der Waals surface area contributed by atoms with Gasteiger partial charge in [0.2, 0.25) is 10.0 Å². The van der Waals surface area contributed by atoms with Crippen LogP contribution in [-0.4, -0.2) is 68.5 Å². The van der Waals surface area contributed by atoms with Crippen LogP contribution in [0.3, 0.4) is 0 Å². The summed E-state index contributed by atoms with van der Waals surface area (Å²) in [5.41, 5.74) is -0.350. The summed E-state index contributed by atoms with van der Waals surface area (Å²) in [4.78, 5) is 25.2. The van der Waals surface area contributed by atoms with Crippen molar-refractivity contribution in [2.75, 3.05) is 39.0 Å². The zero-order valence-electron chi connectivity index (χ0n) is 12.9. The lowest BCUT2D eigenvalue weighted by molar-refractivity contribution is -0.135. The van der Waals surface area contributed by atoms with Crippen molar-refractivity contribution >= 4 is 33.5 Å². The molecule has 1 aromatic rings. The molecule has 0 atom stereocenters. The number of benzene rings is 1. The first-order valence-corrected chi connectivity index (χ1v) is 9.26. The molecular weight excluding hydrogens is 363 g/mol. The van der Waals surface area contributed by atoms with Crippen molar-refractivity contribution in [2.45, 2.75) is 0 Å². The van der Waals surface area contributed by atoms with Crippen molar-refractivity contribution in [3.05, 3.63) is 34.6 Å². The third-order valence-corrected chi connectivity index (χ3v) is 5.07. The van der Waals surface area contributed by atoms with Crippen molar-refractivity contribution in [1.82, 2.24) is 9.21 Å². The Balaban J connectivity index is 1.88. The second-order valence-electron chi connectivity index (χ2n) is 5.24. The first-order valence-electron chi connectivity index (χ1n) is 7.03. The molecule has 1 aliphatic heterocycles. The maximum absolute atomic E-state index is 13.5. The molecule has 132 valence electrons. The number of rotatable bonds is 4. The van der Waals surface area contributed by atoms with E-state index in [4.69, 9.17) is 16.3 Å². The van der Waals surface area contributed by atoms with Gasteiger partial charge < -0.3 is 9.64 Å². The van der Waals surface area contributed by atoms with Crippen LogP contribution in [0.2, 0.25) is 5.02 Å². The van der Waals surface area contributed by atoms with Crippen molar-refractivity contribution in [3.8, 4) is 0 Å². The van der Waals surface area contributed by atoms with Gasteiger partial charge in [-0.05, 0) is 18.2 Å². The van der Waals surface area contributed by atoms with Gasteiger partial charge in [-0.25, -0.2) is 17.6 Å². The Kier molecular flexibility index (Phi) is 5.79. The Labute approximate surface area is 144 Å². The predicted molar refractivity (Wildman–Crippen MR) is 84.7 cm³/mol. The van der Waals surface area contributed by atoms with Gasteiger partial charge in [0, 0.05) is 31.2 Å². The third-order valence-electron chi connectivity index (χ3n) is 3.54. The van der Waals surface area contributed by atoms with Crippen LogP contribution in [-0.2, 0) is 19.6 Å². The number of hydrogen-bond acceptors (Lipinski definition) is 5. The van der Waals surface area contributed by atoms with E-state index in [0.29, 0.717) is 0 Å². The lowest BCUT2D eigenvalue weighted by Crippen LogP contribution is -2.51. The Morgan fingerprint density at radius 1 is 1.25 bits per heavy atom. The van der Waals surface area contributed by atoms with Gasteiger partial charge >= 0.3 is 5.97 Å². The maximum Gasteiger partial charge on any atom is 0.341 e. The van der Waals surface area contributed by atoms with E-state index >= 15 is 0 Å². The molecular formula is C14H16ClFN2O5S. The van der Waals surface area contributed by atoms with Crippen LogP contribution in [0.5, 0.6) is 0 Å². The third kappa shape index (κ3) is 4.65. The molecule has 0 aliphatic carbocycles. The maximum atomic E-state index is 13.5. The van der Waals surface area contributed by atoms with Gasteiger partial charge in [-0.3, -0.25) is 4.79 Å². The molecule has 1 saturated heterocycles. The minimum absolute atomic E-state index is 0.173. The van der Waals surface area contributed by atoms with E-state index in [9.17, 15) is 22.4 Å². The number of piperazine rings is 1. The summed E-state index contributed by atoms with van der Waals surface area (Å²) in [7, 11) is -3.29. The summed E-state index contributed by atoms with van der Waals surface area (Å²) in [6.45, 7) is 0.219. The molecule has 1 amide bonds. The molecule has 0 N–H and O–H groups in total. The summed E-state index contributed by atoms with van der Waals surface area (Å²) in [6, 6.07) is 3.44. The molecule has 0 radical (unpaired) electrons. The van der Waals surface area contributed by atoms with E-state index in [2.05, 4.69) is 0 Å². The standard InChI is InChI=1S/C14H16ClFN2O5S/c1-24(21,22)18-6-4-17(5-7-18)13(19)9-23-14(20)11-8-10(15)2-3-12(11)16/h2-3,8H,4-7,9H2,1H3. The summed E-state index contributed by atoms with van der Waals surface area (Å²) >= 11 is 5.69. The lowest BCUT2D eigenvalue weighted by Gasteiger charge is -2.33. The van der Waals surface area contributed by atoms with Crippen LogP contribution >= 0.6 is 11.6 Å². The fourth-order valence-corrected chi connectivity index (χ4v) is 3.22. The molecule has 7 nitrogen and oxygen atoms in total. The zero-order valence-corrected chi connectivity index (χ0v) is 14.4. The fraction of sp³-hybridized carbons (Fsp3) is 0.429. The SMILES string of the molecule is CS(=O)(=O)N1CCN(C(=O)COC(=O)c2cc(Cl)ccc2F)CC1. The number of amides is 1. The van der Waals surface area contributed by atoms with E-state index < -0.39 is 34.3 Å².